The minimum Gasteiger partial charge on any atom is -0.508 e. The first kappa shape index (κ1) is 11.4. The van der Waals surface area contributed by atoms with Crippen LogP contribution in [0.1, 0.15) is 5.56 Å². The number of nitrogens with two attached hydrogens (primary N) is 2. The van der Waals surface area contributed by atoms with Gasteiger partial charge in [-0.05, 0) is 24.6 Å². The molecular formula is C9H14N2O2. The summed E-state index contributed by atoms with van der Waals surface area (Å²) in [6.45, 7) is 1.89. The highest BCUT2D eigenvalue weighted by Gasteiger charge is 1.83. The van der Waals surface area contributed by atoms with Gasteiger partial charge in [-0.25, -0.2) is 0 Å². The number of aryl methyl sites for hydroxylation is 1. The molecule has 0 saturated carbocycles. The smallest absolute Gasteiger partial charge is 0.231 e. The zero-order chi connectivity index (χ0) is 10.3. The summed E-state index contributed by atoms with van der Waals surface area (Å²) in [5.74, 6) is -0.130. The zero-order valence-corrected chi connectivity index (χ0v) is 7.53. The van der Waals surface area contributed by atoms with E-state index in [0.29, 0.717) is 5.75 Å². The second-order valence-corrected chi connectivity index (χ2v) is 2.51. The lowest BCUT2D eigenvalue weighted by Gasteiger charge is -1.89. The molecule has 0 heterocycles. The van der Waals surface area contributed by atoms with E-state index in [0.717, 1.165) is 5.56 Å². The molecule has 4 nitrogen and oxygen atoms in total. The summed E-state index contributed by atoms with van der Waals surface area (Å²) in [6, 6.07) is 7.15. The number of primary amides is 1. The first-order valence-electron chi connectivity index (χ1n) is 3.80. The molecule has 1 rings (SSSR count). The molecule has 1 aromatic rings. The number of amides is 1. The highest BCUT2D eigenvalue weighted by Crippen LogP contribution is 2.08. The molecule has 0 fully saturated rings. The van der Waals surface area contributed by atoms with Gasteiger partial charge in [-0.3, -0.25) is 4.79 Å². The van der Waals surface area contributed by atoms with E-state index in [1.54, 1.807) is 12.1 Å². The van der Waals surface area contributed by atoms with Crippen molar-refractivity contribution in [2.24, 2.45) is 11.5 Å². The van der Waals surface area contributed by atoms with Crippen LogP contribution in [-0.2, 0) is 4.79 Å². The van der Waals surface area contributed by atoms with Crippen molar-refractivity contribution in [3.05, 3.63) is 29.8 Å². The molecule has 0 atom stereocenters. The average Bonchev–Trinajstić information content (AvgIpc) is 2.05. The van der Waals surface area contributed by atoms with Crippen LogP contribution in [0.4, 0.5) is 0 Å². The first-order valence-corrected chi connectivity index (χ1v) is 3.80. The van der Waals surface area contributed by atoms with Crippen LogP contribution in [0.3, 0.4) is 0 Å². The van der Waals surface area contributed by atoms with Crippen LogP contribution in [-0.4, -0.2) is 17.6 Å². The Labute approximate surface area is 77.2 Å². The van der Waals surface area contributed by atoms with E-state index >= 15 is 0 Å². The number of phenols is 1. The molecule has 1 amide bonds. The lowest BCUT2D eigenvalue weighted by molar-refractivity contribution is -0.116. The normalized spacial score (nSPS) is 8.46. The van der Waals surface area contributed by atoms with Gasteiger partial charge in [0.1, 0.15) is 5.75 Å². The van der Waals surface area contributed by atoms with Crippen LogP contribution in [0, 0.1) is 6.92 Å². The second kappa shape index (κ2) is 6.02. The van der Waals surface area contributed by atoms with E-state index in [9.17, 15) is 4.79 Å². The van der Waals surface area contributed by atoms with Crippen molar-refractivity contribution in [3.8, 4) is 5.75 Å². The molecule has 0 saturated heterocycles. The number of benzene rings is 1. The molecule has 72 valence electrons. The summed E-state index contributed by atoms with van der Waals surface area (Å²) in [7, 11) is 0. The summed E-state index contributed by atoms with van der Waals surface area (Å²) in [4.78, 5) is 9.47. The number of phenolic OH excluding ortho intramolecular Hbond substituents is 1. The topological polar surface area (TPSA) is 89.3 Å². The molecule has 0 aliphatic carbocycles. The van der Waals surface area contributed by atoms with E-state index in [1.807, 2.05) is 19.1 Å². The number of hydrogen-bond donors (Lipinski definition) is 3. The van der Waals surface area contributed by atoms with E-state index < -0.39 is 5.91 Å². The molecule has 0 radical (unpaired) electrons. The largest absolute Gasteiger partial charge is 0.508 e. The third-order valence-electron chi connectivity index (χ3n) is 1.20. The van der Waals surface area contributed by atoms with Gasteiger partial charge < -0.3 is 16.6 Å². The predicted octanol–water partition coefficient (Wildman–Crippen LogP) is 0.131. The summed E-state index contributed by atoms with van der Waals surface area (Å²) in [5, 5.41) is 8.81. The standard InChI is InChI=1S/C7H8O.C2H6N2O/c1-6-3-2-4-7(8)5-6;3-1-2(4)5/h2-5,8H,1H3;1,3H2,(H2,4,5). The Bertz CT molecular complexity index is 257. The summed E-state index contributed by atoms with van der Waals surface area (Å²) < 4.78 is 0. The average molecular weight is 182 g/mol. The second-order valence-electron chi connectivity index (χ2n) is 2.51. The highest BCUT2D eigenvalue weighted by molar-refractivity contribution is 5.75. The maximum absolute atomic E-state index is 9.47. The predicted molar refractivity (Wildman–Crippen MR) is 51.1 cm³/mol. The van der Waals surface area contributed by atoms with Crippen LogP contribution < -0.4 is 11.5 Å². The molecule has 1 aromatic carbocycles. The molecule has 4 heteroatoms. The van der Waals surface area contributed by atoms with Crippen LogP contribution in [0.5, 0.6) is 5.75 Å². The van der Waals surface area contributed by atoms with Crippen molar-refractivity contribution in [1.29, 1.82) is 0 Å². The molecular weight excluding hydrogens is 168 g/mol. The van der Waals surface area contributed by atoms with Crippen molar-refractivity contribution < 1.29 is 9.90 Å². The number of carbonyl (C=O) groups is 1. The fourth-order valence-corrected chi connectivity index (χ4v) is 0.628. The molecule has 0 unspecified atom stereocenters. The number of hydrogen-bond acceptors (Lipinski definition) is 3. The molecule has 13 heavy (non-hydrogen) atoms. The SMILES string of the molecule is Cc1cccc(O)c1.NCC(N)=O. The Morgan fingerprint density at radius 2 is 2.08 bits per heavy atom. The Morgan fingerprint density at radius 3 is 2.31 bits per heavy atom. The zero-order valence-electron chi connectivity index (χ0n) is 7.53. The van der Waals surface area contributed by atoms with Crippen molar-refractivity contribution in [3.63, 3.8) is 0 Å². The monoisotopic (exact) mass is 182 g/mol. The number of rotatable bonds is 1. The Balaban J connectivity index is 0.000000252. The van der Waals surface area contributed by atoms with Crippen molar-refractivity contribution in [1.82, 2.24) is 0 Å². The molecule has 0 spiro atoms. The number of carbonyl (C=O) groups excluding carboxylic acids is 1. The van der Waals surface area contributed by atoms with Crippen LogP contribution in [0.2, 0.25) is 0 Å². The highest BCUT2D eigenvalue weighted by atomic mass is 16.3. The van der Waals surface area contributed by atoms with E-state index in [4.69, 9.17) is 10.8 Å². The lowest BCUT2D eigenvalue weighted by Crippen LogP contribution is -2.21. The molecule has 0 aromatic heterocycles. The van der Waals surface area contributed by atoms with Gasteiger partial charge in [0.15, 0.2) is 0 Å². The molecule has 0 bridgehead atoms. The van der Waals surface area contributed by atoms with Gasteiger partial charge in [0.05, 0.1) is 6.54 Å². The van der Waals surface area contributed by atoms with Gasteiger partial charge in [-0.2, -0.15) is 0 Å². The van der Waals surface area contributed by atoms with E-state index in [2.05, 4.69) is 5.73 Å². The quantitative estimate of drug-likeness (QED) is 0.576. The van der Waals surface area contributed by atoms with Gasteiger partial charge in [0.25, 0.3) is 0 Å². The fraction of sp³-hybridized carbons (Fsp3) is 0.222. The minimum absolute atomic E-state index is 0.0556. The summed E-state index contributed by atoms with van der Waals surface area (Å²) in [6.07, 6.45) is 0. The number of aromatic hydroxyl groups is 1. The van der Waals surface area contributed by atoms with Crippen LogP contribution in [0.15, 0.2) is 24.3 Å². The third-order valence-corrected chi connectivity index (χ3v) is 1.20. The van der Waals surface area contributed by atoms with E-state index in [1.165, 1.54) is 0 Å². The maximum atomic E-state index is 9.47. The van der Waals surface area contributed by atoms with Gasteiger partial charge in [0.2, 0.25) is 5.91 Å². The molecule has 0 aliphatic heterocycles. The Morgan fingerprint density at radius 1 is 1.54 bits per heavy atom. The summed E-state index contributed by atoms with van der Waals surface area (Å²) >= 11 is 0. The molecule has 0 aliphatic rings. The fourth-order valence-electron chi connectivity index (χ4n) is 0.628. The van der Waals surface area contributed by atoms with Gasteiger partial charge in [0, 0.05) is 0 Å². The van der Waals surface area contributed by atoms with Crippen molar-refractivity contribution in [2.45, 2.75) is 6.92 Å². The summed E-state index contributed by atoms with van der Waals surface area (Å²) in [5.41, 5.74) is 10.3. The van der Waals surface area contributed by atoms with Crippen molar-refractivity contribution >= 4 is 5.91 Å². The van der Waals surface area contributed by atoms with Crippen LogP contribution >= 0.6 is 0 Å². The minimum atomic E-state index is -0.468. The van der Waals surface area contributed by atoms with Gasteiger partial charge >= 0.3 is 0 Å². The van der Waals surface area contributed by atoms with Crippen LogP contribution in [0.25, 0.3) is 0 Å². The van der Waals surface area contributed by atoms with Gasteiger partial charge in [-0.15, -0.1) is 0 Å². The third kappa shape index (κ3) is 6.83. The molecule has 5 N–H and O–H groups in total. The Kier molecular flexibility index (Phi) is 5.30. The van der Waals surface area contributed by atoms with Gasteiger partial charge in [-0.1, -0.05) is 12.1 Å². The first-order chi connectivity index (χ1) is 6.06. The Hall–Kier alpha value is -1.55. The lowest BCUT2D eigenvalue weighted by atomic mass is 10.2. The van der Waals surface area contributed by atoms with Crippen molar-refractivity contribution in [2.75, 3.05) is 6.54 Å². The van der Waals surface area contributed by atoms with E-state index in [-0.39, 0.29) is 6.54 Å². The maximum Gasteiger partial charge on any atom is 0.231 e.